The van der Waals surface area contributed by atoms with Crippen molar-refractivity contribution in [3.63, 3.8) is 0 Å². The second-order valence-corrected chi connectivity index (χ2v) is 4.19. The van der Waals surface area contributed by atoms with E-state index in [9.17, 15) is 0 Å². The van der Waals surface area contributed by atoms with Crippen LogP contribution in [-0.4, -0.2) is 12.7 Å². The van der Waals surface area contributed by atoms with E-state index in [-0.39, 0.29) is 0 Å². The van der Waals surface area contributed by atoms with Crippen LogP contribution in [0.2, 0.25) is 0 Å². The van der Waals surface area contributed by atoms with Gasteiger partial charge in [0.2, 0.25) is 0 Å². The van der Waals surface area contributed by atoms with Crippen LogP contribution in [-0.2, 0) is 4.74 Å². The van der Waals surface area contributed by atoms with E-state index in [1.165, 1.54) is 57.8 Å². The minimum Gasteiger partial charge on any atom is -0.378 e. The second-order valence-electron chi connectivity index (χ2n) is 4.19. The van der Waals surface area contributed by atoms with Crippen LogP contribution in [0.15, 0.2) is 0 Å². The molecule has 0 radical (unpaired) electrons. The van der Waals surface area contributed by atoms with Crippen molar-refractivity contribution >= 4 is 0 Å². The molecule has 0 bridgehead atoms. The number of rotatable bonds is 8. The molecule has 0 aromatic rings. The Morgan fingerprint density at radius 2 is 1.69 bits per heavy atom. The van der Waals surface area contributed by atoms with Gasteiger partial charge in [-0.1, -0.05) is 39.0 Å². The van der Waals surface area contributed by atoms with Gasteiger partial charge in [-0.15, -0.1) is 0 Å². The van der Waals surface area contributed by atoms with Crippen molar-refractivity contribution < 1.29 is 4.74 Å². The average molecular weight is 184 g/mol. The third-order valence-electron chi connectivity index (χ3n) is 2.90. The van der Waals surface area contributed by atoms with Crippen LogP contribution >= 0.6 is 0 Å². The normalized spacial score (nSPS) is 17.3. The molecule has 1 rings (SSSR count). The van der Waals surface area contributed by atoms with Gasteiger partial charge < -0.3 is 4.74 Å². The lowest BCUT2D eigenvalue weighted by Gasteiger charge is -2.25. The summed E-state index contributed by atoms with van der Waals surface area (Å²) in [7, 11) is 0. The molecule has 0 heterocycles. The molecule has 0 N–H and O–H groups in total. The summed E-state index contributed by atoms with van der Waals surface area (Å²) in [5, 5.41) is 0. The van der Waals surface area contributed by atoms with Crippen molar-refractivity contribution in [3.05, 3.63) is 0 Å². The molecule has 0 amide bonds. The molecule has 0 aromatic carbocycles. The third-order valence-corrected chi connectivity index (χ3v) is 2.90. The molecule has 0 aromatic heterocycles. The molecule has 13 heavy (non-hydrogen) atoms. The van der Waals surface area contributed by atoms with E-state index in [1.807, 2.05) is 0 Å². The Morgan fingerprint density at radius 1 is 1.00 bits per heavy atom. The maximum atomic E-state index is 5.68. The lowest BCUT2D eigenvalue weighted by molar-refractivity contribution is 0.000617. The summed E-state index contributed by atoms with van der Waals surface area (Å²) in [5.74, 6) is 0. The first-order chi connectivity index (χ1) is 6.43. The largest absolute Gasteiger partial charge is 0.378 e. The maximum absolute atomic E-state index is 5.68. The molecular weight excluding hydrogens is 160 g/mol. The Labute approximate surface area is 82.9 Å². The van der Waals surface area contributed by atoms with Gasteiger partial charge in [0.25, 0.3) is 0 Å². The summed E-state index contributed by atoms with van der Waals surface area (Å²) in [4.78, 5) is 0. The standard InChI is InChI=1S/C12H24O/c1-2-3-4-5-6-7-11-13-12-9-8-10-12/h12H,2-11H2,1H3. The van der Waals surface area contributed by atoms with E-state index in [0.717, 1.165) is 6.61 Å². The van der Waals surface area contributed by atoms with E-state index in [2.05, 4.69) is 6.92 Å². The molecule has 0 aliphatic heterocycles. The highest BCUT2D eigenvalue weighted by Crippen LogP contribution is 2.22. The lowest BCUT2D eigenvalue weighted by atomic mass is 9.96. The van der Waals surface area contributed by atoms with Crippen LogP contribution in [0.4, 0.5) is 0 Å². The fourth-order valence-electron chi connectivity index (χ4n) is 1.67. The van der Waals surface area contributed by atoms with E-state index < -0.39 is 0 Å². The van der Waals surface area contributed by atoms with Gasteiger partial charge in [-0.25, -0.2) is 0 Å². The van der Waals surface area contributed by atoms with Crippen molar-refractivity contribution in [2.24, 2.45) is 0 Å². The zero-order valence-electron chi connectivity index (χ0n) is 9.06. The first-order valence-electron chi connectivity index (χ1n) is 6.05. The van der Waals surface area contributed by atoms with E-state index >= 15 is 0 Å². The zero-order chi connectivity index (χ0) is 9.36. The van der Waals surface area contributed by atoms with Crippen LogP contribution in [0.1, 0.15) is 64.7 Å². The van der Waals surface area contributed by atoms with Gasteiger partial charge in [-0.3, -0.25) is 0 Å². The number of hydrogen-bond donors (Lipinski definition) is 0. The Kier molecular flexibility index (Phi) is 6.26. The average Bonchev–Trinajstić information content (AvgIpc) is 2.07. The monoisotopic (exact) mass is 184 g/mol. The molecular formula is C12H24O. The van der Waals surface area contributed by atoms with E-state index in [1.54, 1.807) is 0 Å². The van der Waals surface area contributed by atoms with Crippen LogP contribution < -0.4 is 0 Å². The molecule has 1 fully saturated rings. The topological polar surface area (TPSA) is 9.23 Å². The van der Waals surface area contributed by atoms with Gasteiger partial charge >= 0.3 is 0 Å². The van der Waals surface area contributed by atoms with Crippen LogP contribution in [0, 0.1) is 0 Å². The Morgan fingerprint density at radius 3 is 2.31 bits per heavy atom. The zero-order valence-corrected chi connectivity index (χ0v) is 9.06. The summed E-state index contributed by atoms with van der Waals surface area (Å²) >= 11 is 0. The third kappa shape index (κ3) is 5.30. The molecule has 1 heteroatoms. The summed E-state index contributed by atoms with van der Waals surface area (Å²) < 4.78 is 5.68. The van der Waals surface area contributed by atoms with Crippen LogP contribution in [0.5, 0.6) is 0 Å². The van der Waals surface area contributed by atoms with Crippen LogP contribution in [0.3, 0.4) is 0 Å². The van der Waals surface area contributed by atoms with E-state index in [0.29, 0.717) is 6.10 Å². The molecule has 1 saturated carbocycles. The molecule has 78 valence electrons. The second kappa shape index (κ2) is 7.37. The van der Waals surface area contributed by atoms with Gasteiger partial charge in [0, 0.05) is 6.61 Å². The van der Waals surface area contributed by atoms with Gasteiger partial charge in [-0.05, 0) is 25.7 Å². The molecule has 1 aliphatic carbocycles. The highest BCUT2D eigenvalue weighted by atomic mass is 16.5. The number of hydrogen-bond acceptors (Lipinski definition) is 1. The first-order valence-corrected chi connectivity index (χ1v) is 6.05. The van der Waals surface area contributed by atoms with Gasteiger partial charge in [0.15, 0.2) is 0 Å². The van der Waals surface area contributed by atoms with Crippen molar-refractivity contribution in [2.75, 3.05) is 6.61 Å². The van der Waals surface area contributed by atoms with Gasteiger partial charge in [-0.2, -0.15) is 0 Å². The summed E-state index contributed by atoms with van der Waals surface area (Å²) in [6, 6.07) is 0. The summed E-state index contributed by atoms with van der Waals surface area (Å²) in [5.41, 5.74) is 0. The SMILES string of the molecule is CCCCCCCCOC1CCC1. The fraction of sp³-hybridized carbons (Fsp3) is 1.00. The Balaban J connectivity index is 1.68. The lowest BCUT2D eigenvalue weighted by Crippen LogP contribution is -2.21. The molecule has 1 aliphatic rings. The minimum atomic E-state index is 0.635. The van der Waals surface area contributed by atoms with Crippen molar-refractivity contribution in [1.29, 1.82) is 0 Å². The van der Waals surface area contributed by atoms with Crippen molar-refractivity contribution in [2.45, 2.75) is 70.8 Å². The highest BCUT2D eigenvalue weighted by molar-refractivity contribution is 4.68. The summed E-state index contributed by atoms with van der Waals surface area (Å²) in [6.45, 7) is 3.27. The first kappa shape index (κ1) is 11.0. The van der Waals surface area contributed by atoms with Crippen molar-refractivity contribution in [3.8, 4) is 0 Å². The molecule has 1 nitrogen and oxygen atoms in total. The smallest absolute Gasteiger partial charge is 0.0575 e. The molecule has 0 saturated heterocycles. The summed E-state index contributed by atoms with van der Waals surface area (Å²) in [6.07, 6.45) is 12.9. The predicted octanol–water partition coefficient (Wildman–Crippen LogP) is 3.92. The Bertz CT molecular complexity index is 108. The van der Waals surface area contributed by atoms with Crippen LogP contribution in [0.25, 0.3) is 0 Å². The van der Waals surface area contributed by atoms with Gasteiger partial charge in [0.1, 0.15) is 0 Å². The fourth-order valence-corrected chi connectivity index (χ4v) is 1.67. The molecule has 0 spiro atoms. The maximum Gasteiger partial charge on any atom is 0.0575 e. The van der Waals surface area contributed by atoms with Gasteiger partial charge in [0.05, 0.1) is 6.10 Å². The quantitative estimate of drug-likeness (QED) is 0.520. The Hall–Kier alpha value is -0.0400. The predicted molar refractivity (Wildman–Crippen MR) is 57.0 cm³/mol. The number of unbranched alkanes of at least 4 members (excludes halogenated alkanes) is 5. The highest BCUT2D eigenvalue weighted by Gasteiger charge is 2.16. The van der Waals surface area contributed by atoms with E-state index in [4.69, 9.17) is 4.74 Å². The minimum absolute atomic E-state index is 0.635. The number of ether oxygens (including phenoxy) is 1. The van der Waals surface area contributed by atoms with Crippen molar-refractivity contribution in [1.82, 2.24) is 0 Å². The molecule has 0 atom stereocenters. The molecule has 0 unspecified atom stereocenters.